The van der Waals surface area contributed by atoms with Gasteiger partial charge in [0.25, 0.3) is 15.9 Å². The van der Waals surface area contributed by atoms with Crippen molar-refractivity contribution in [3.05, 3.63) is 67.0 Å². The number of halogens is 4. The summed E-state index contributed by atoms with van der Waals surface area (Å²) >= 11 is 29.6. The predicted octanol–water partition coefficient (Wildman–Crippen LogP) is 5.39. The van der Waals surface area contributed by atoms with Crippen LogP contribution in [0.2, 0.25) is 20.1 Å². The van der Waals surface area contributed by atoms with E-state index in [9.17, 15) is 13.2 Å². The largest absolute Gasteiger partial charge is 0.281 e. The van der Waals surface area contributed by atoms with Crippen molar-refractivity contribution in [2.75, 3.05) is 0 Å². The molecule has 146 valence electrons. The molecule has 1 saturated heterocycles. The molecule has 0 unspecified atom stereocenters. The van der Waals surface area contributed by atoms with Gasteiger partial charge in [-0.05, 0) is 42.0 Å². The highest BCUT2D eigenvalue weighted by Crippen LogP contribution is 2.33. The molecule has 0 atom stereocenters. The van der Waals surface area contributed by atoms with Crippen LogP contribution in [-0.4, -0.2) is 23.7 Å². The van der Waals surface area contributed by atoms with Crippen LogP contribution in [0.1, 0.15) is 5.56 Å². The van der Waals surface area contributed by atoms with E-state index in [2.05, 4.69) is 4.83 Å². The fourth-order valence-corrected chi connectivity index (χ4v) is 5.50. The van der Waals surface area contributed by atoms with E-state index in [1.54, 1.807) is 18.2 Å². The molecule has 5 nitrogen and oxygen atoms in total. The summed E-state index contributed by atoms with van der Waals surface area (Å²) in [6, 6.07) is 8.63. The number of hydrogen-bond acceptors (Lipinski definition) is 5. The number of nitrogens with zero attached hydrogens (tertiary/aromatic N) is 1. The zero-order chi connectivity index (χ0) is 20.6. The summed E-state index contributed by atoms with van der Waals surface area (Å²) in [5.41, 5.74) is 0.611. The van der Waals surface area contributed by atoms with Crippen LogP contribution in [0.25, 0.3) is 6.08 Å². The van der Waals surface area contributed by atoms with Gasteiger partial charge in [0.1, 0.15) is 0 Å². The zero-order valence-corrected chi connectivity index (χ0v) is 18.9. The quantitative estimate of drug-likeness (QED) is 0.438. The third-order valence-corrected chi connectivity index (χ3v) is 7.15. The first-order chi connectivity index (χ1) is 13.1. The van der Waals surface area contributed by atoms with Crippen molar-refractivity contribution in [1.82, 2.24) is 9.84 Å². The lowest BCUT2D eigenvalue weighted by Crippen LogP contribution is -2.44. The second-order valence-electron chi connectivity index (χ2n) is 5.39. The van der Waals surface area contributed by atoms with Gasteiger partial charge in [-0.2, -0.15) is 0 Å². The van der Waals surface area contributed by atoms with E-state index in [4.69, 9.17) is 58.6 Å². The summed E-state index contributed by atoms with van der Waals surface area (Å²) in [5.74, 6) is -0.627. The van der Waals surface area contributed by atoms with Crippen LogP contribution in [-0.2, 0) is 14.8 Å². The molecule has 3 rings (SSSR count). The summed E-state index contributed by atoms with van der Waals surface area (Å²) in [6.45, 7) is 0. The van der Waals surface area contributed by atoms with E-state index in [-0.39, 0.29) is 24.2 Å². The summed E-state index contributed by atoms with van der Waals surface area (Å²) in [5, 5.41) is 1.74. The molecule has 1 aliphatic heterocycles. The minimum atomic E-state index is -4.14. The molecule has 2 aromatic rings. The normalized spacial score (nSPS) is 16.3. The maximum absolute atomic E-state index is 12.6. The molecule has 0 aliphatic carbocycles. The topological polar surface area (TPSA) is 66.5 Å². The first kappa shape index (κ1) is 21.9. The number of rotatable bonds is 4. The molecule has 0 radical (unpaired) electrons. The Hall–Kier alpha value is -0.840. The third kappa shape index (κ3) is 4.83. The van der Waals surface area contributed by atoms with Crippen LogP contribution >= 0.6 is 70.4 Å². The minimum Gasteiger partial charge on any atom is -0.267 e. The van der Waals surface area contributed by atoms with Gasteiger partial charge in [-0.3, -0.25) is 4.79 Å². The Kier molecular flexibility index (Phi) is 6.63. The van der Waals surface area contributed by atoms with Crippen LogP contribution in [0.15, 0.2) is 46.2 Å². The number of hydrazine groups is 1. The lowest BCUT2D eigenvalue weighted by Gasteiger charge is -2.16. The van der Waals surface area contributed by atoms with E-state index >= 15 is 0 Å². The van der Waals surface area contributed by atoms with Crippen molar-refractivity contribution in [2.45, 2.75) is 4.90 Å². The molecule has 1 amide bonds. The van der Waals surface area contributed by atoms with Crippen molar-refractivity contribution < 1.29 is 13.2 Å². The number of thiocarbonyl (C=S) groups is 1. The molecule has 1 N–H and O–H groups in total. The van der Waals surface area contributed by atoms with Gasteiger partial charge in [-0.1, -0.05) is 76.4 Å². The Morgan fingerprint density at radius 2 is 1.64 bits per heavy atom. The lowest BCUT2D eigenvalue weighted by atomic mass is 10.2. The van der Waals surface area contributed by atoms with Crippen molar-refractivity contribution in [2.24, 2.45) is 0 Å². The van der Waals surface area contributed by atoms with Crippen molar-refractivity contribution in [3.63, 3.8) is 0 Å². The third-order valence-electron chi connectivity index (χ3n) is 3.39. The number of sulfonamides is 1. The zero-order valence-electron chi connectivity index (χ0n) is 13.5. The fourth-order valence-electron chi connectivity index (χ4n) is 2.16. The Balaban J connectivity index is 1.87. The first-order valence-corrected chi connectivity index (χ1v) is 11.5. The second kappa shape index (κ2) is 8.49. The van der Waals surface area contributed by atoms with Crippen LogP contribution in [0.4, 0.5) is 0 Å². The van der Waals surface area contributed by atoms with Gasteiger partial charge >= 0.3 is 0 Å². The maximum Gasteiger partial charge on any atom is 0.281 e. The highest BCUT2D eigenvalue weighted by atomic mass is 35.5. The van der Waals surface area contributed by atoms with Crippen LogP contribution < -0.4 is 4.83 Å². The molecule has 1 fully saturated rings. The number of carbonyl (C=O) groups excluding carboxylic acids is 1. The van der Waals surface area contributed by atoms with Crippen molar-refractivity contribution >= 4 is 96.7 Å². The van der Waals surface area contributed by atoms with E-state index < -0.39 is 15.9 Å². The van der Waals surface area contributed by atoms with Gasteiger partial charge in [-0.15, -0.1) is 4.83 Å². The van der Waals surface area contributed by atoms with Gasteiger partial charge in [-0.25, -0.2) is 13.4 Å². The van der Waals surface area contributed by atoms with E-state index in [0.29, 0.717) is 15.6 Å². The second-order valence-corrected chi connectivity index (χ2v) is 10.4. The van der Waals surface area contributed by atoms with Gasteiger partial charge in [0, 0.05) is 10.0 Å². The van der Waals surface area contributed by atoms with E-state index in [0.717, 1.165) is 16.8 Å². The average molecular weight is 514 g/mol. The molecule has 0 saturated carbocycles. The molecule has 12 heteroatoms. The molecule has 1 aliphatic rings. The Morgan fingerprint density at radius 1 is 1.00 bits per heavy atom. The molecular formula is C16H8Cl4N2O3S3. The summed E-state index contributed by atoms with van der Waals surface area (Å²) in [7, 11) is -4.14. The number of nitrogens with one attached hydrogen (secondary N) is 1. The number of hydrogen-bond donors (Lipinski definition) is 1. The molecule has 2 aromatic carbocycles. The predicted molar refractivity (Wildman–Crippen MR) is 118 cm³/mol. The molecule has 0 spiro atoms. The van der Waals surface area contributed by atoms with Crippen LogP contribution in [0, 0.1) is 0 Å². The lowest BCUT2D eigenvalue weighted by molar-refractivity contribution is -0.123. The van der Waals surface area contributed by atoms with E-state index in [1.165, 1.54) is 24.3 Å². The molecule has 28 heavy (non-hydrogen) atoms. The van der Waals surface area contributed by atoms with E-state index in [1.807, 2.05) is 0 Å². The maximum atomic E-state index is 12.6. The summed E-state index contributed by atoms with van der Waals surface area (Å²) < 4.78 is 25.2. The average Bonchev–Trinajstić information content (AvgIpc) is 2.84. The summed E-state index contributed by atoms with van der Waals surface area (Å²) in [6.07, 6.45) is 1.53. The standard InChI is InChI=1S/C16H8Cl4N2O3S3/c17-9-5-10(18)7-11(6-9)28(24,25)21-22-15(23)14(27-16(22)26)4-8-1-2-12(19)13(20)3-8/h1-7,21H/b14-4+. The van der Waals surface area contributed by atoms with Gasteiger partial charge in [0.05, 0.1) is 19.8 Å². The van der Waals surface area contributed by atoms with Crippen LogP contribution in [0.5, 0.6) is 0 Å². The van der Waals surface area contributed by atoms with Crippen molar-refractivity contribution in [3.8, 4) is 0 Å². The Bertz CT molecular complexity index is 1120. The fraction of sp³-hybridized carbons (Fsp3) is 0. The minimum absolute atomic E-state index is 0.0213. The van der Waals surface area contributed by atoms with Crippen LogP contribution in [0.3, 0.4) is 0 Å². The van der Waals surface area contributed by atoms with Gasteiger partial charge in [0.15, 0.2) is 4.32 Å². The summed E-state index contributed by atoms with van der Waals surface area (Å²) in [4.78, 5) is 14.8. The van der Waals surface area contributed by atoms with Gasteiger partial charge in [0.2, 0.25) is 0 Å². The monoisotopic (exact) mass is 512 g/mol. The Morgan fingerprint density at radius 3 is 2.25 bits per heavy atom. The highest BCUT2D eigenvalue weighted by molar-refractivity contribution is 8.26. The molecular weight excluding hydrogens is 506 g/mol. The molecule has 0 bridgehead atoms. The molecule has 1 heterocycles. The SMILES string of the molecule is O=C1/C(=C\c2ccc(Cl)c(Cl)c2)SC(=S)N1NS(=O)(=O)c1cc(Cl)cc(Cl)c1. The number of benzene rings is 2. The number of thioether (sulfide) groups is 1. The van der Waals surface area contributed by atoms with Crippen molar-refractivity contribution in [1.29, 1.82) is 0 Å². The smallest absolute Gasteiger partial charge is 0.267 e. The Labute approximate surface area is 190 Å². The molecule has 0 aromatic heterocycles. The highest BCUT2D eigenvalue weighted by Gasteiger charge is 2.35. The van der Waals surface area contributed by atoms with Gasteiger partial charge < -0.3 is 0 Å². The number of amides is 1. The first-order valence-electron chi connectivity index (χ1n) is 7.28. The number of carbonyl (C=O) groups is 1.